The molecule has 9 heteroatoms. The smallest absolute Gasteiger partial charge is 0.188 e. The second-order valence-electron chi connectivity index (χ2n) is 5.69. The first kappa shape index (κ1) is 15.8. The Hall–Kier alpha value is -0.710. The highest BCUT2D eigenvalue weighted by Gasteiger charge is 2.26. The van der Waals surface area contributed by atoms with Crippen molar-refractivity contribution in [3.8, 4) is 0 Å². The van der Waals surface area contributed by atoms with Gasteiger partial charge < -0.3 is 14.4 Å². The van der Waals surface area contributed by atoms with Crippen LogP contribution in [0.5, 0.6) is 0 Å². The van der Waals surface area contributed by atoms with E-state index in [2.05, 4.69) is 37.5 Å². The van der Waals surface area contributed by atoms with Crippen molar-refractivity contribution in [3.63, 3.8) is 0 Å². The highest BCUT2D eigenvalue weighted by molar-refractivity contribution is 14.1. The number of morpholine rings is 1. The summed E-state index contributed by atoms with van der Waals surface area (Å²) in [5.41, 5.74) is 1.39. The van der Waals surface area contributed by atoms with E-state index in [-0.39, 0.29) is 6.10 Å². The van der Waals surface area contributed by atoms with Crippen molar-refractivity contribution >= 4 is 51.3 Å². The minimum absolute atomic E-state index is 0.0499. The molecule has 4 heterocycles. The van der Waals surface area contributed by atoms with Crippen molar-refractivity contribution < 1.29 is 9.47 Å². The zero-order valence-corrected chi connectivity index (χ0v) is 15.5. The molecule has 2 aromatic heterocycles. The molecule has 124 valence electrons. The van der Waals surface area contributed by atoms with Crippen LogP contribution in [0.3, 0.4) is 0 Å². The van der Waals surface area contributed by atoms with Gasteiger partial charge in [-0.05, 0) is 19.3 Å². The van der Waals surface area contributed by atoms with Crippen LogP contribution in [0.25, 0.3) is 11.2 Å². The van der Waals surface area contributed by atoms with Crippen LogP contribution in [-0.2, 0) is 9.47 Å². The van der Waals surface area contributed by atoms with Crippen LogP contribution in [0.2, 0.25) is 0 Å². The molecular formula is C14H17ClIN5O2. The summed E-state index contributed by atoms with van der Waals surface area (Å²) in [6.07, 6.45) is 3.14. The van der Waals surface area contributed by atoms with E-state index in [1.165, 1.54) is 4.09 Å². The number of aromatic nitrogens is 4. The van der Waals surface area contributed by atoms with Crippen LogP contribution < -0.4 is 4.90 Å². The fourth-order valence-corrected chi connectivity index (χ4v) is 3.67. The van der Waals surface area contributed by atoms with Crippen molar-refractivity contribution in [1.29, 1.82) is 0 Å². The van der Waals surface area contributed by atoms with Gasteiger partial charge >= 0.3 is 0 Å². The Morgan fingerprint density at radius 3 is 2.65 bits per heavy atom. The molecule has 0 aliphatic carbocycles. The molecule has 7 nitrogen and oxygen atoms in total. The standard InChI is InChI=1S/C14H17ClIN5O2/c15-21-10-12(19-14(21)16)17-11(9-3-1-2-6-23-9)18-13(10)20-4-7-22-8-5-20/h9H,1-8H2. The molecule has 2 saturated heterocycles. The molecule has 1 unspecified atom stereocenters. The Kier molecular flexibility index (Phi) is 4.57. The van der Waals surface area contributed by atoms with Crippen LogP contribution in [0.1, 0.15) is 31.2 Å². The molecule has 0 aromatic carbocycles. The van der Waals surface area contributed by atoms with Crippen LogP contribution in [0.4, 0.5) is 5.82 Å². The summed E-state index contributed by atoms with van der Waals surface area (Å²) in [6.45, 7) is 3.72. The van der Waals surface area contributed by atoms with E-state index < -0.39 is 0 Å². The summed E-state index contributed by atoms with van der Waals surface area (Å²) in [4.78, 5) is 16.1. The lowest BCUT2D eigenvalue weighted by molar-refractivity contribution is 0.00966. The summed E-state index contributed by atoms with van der Waals surface area (Å²) in [5, 5.41) is 0. The fraction of sp³-hybridized carbons (Fsp3) is 0.643. The first-order valence-corrected chi connectivity index (χ1v) is 9.22. The molecule has 2 fully saturated rings. The van der Waals surface area contributed by atoms with Gasteiger partial charge in [0, 0.05) is 54.1 Å². The zero-order chi connectivity index (χ0) is 15.8. The number of nitrogens with zero attached hydrogens (tertiary/aromatic N) is 5. The number of hydrogen-bond acceptors (Lipinski definition) is 6. The average molecular weight is 450 g/mol. The van der Waals surface area contributed by atoms with E-state index >= 15 is 0 Å². The summed E-state index contributed by atoms with van der Waals surface area (Å²) >= 11 is 8.49. The van der Waals surface area contributed by atoms with Gasteiger partial charge in [0.15, 0.2) is 21.1 Å². The minimum atomic E-state index is -0.0499. The quantitative estimate of drug-likeness (QED) is 0.519. The first-order valence-electron chi connectivity index (χ1n) is 7.80. The average Bonchev–Trinajstić information content (AvgIpc) is 2.90. The number of rotatable bonds is 2. The van der Waals surface area contributed by atoms with Gasteiger partial charge in [-0.1, -0.05) is 0 Å². The molecule has 2 aromatic rings. The number of hydrogen-bond donors (Lipinski definition) is 0. The molecule has 0 N–H and O–H groups in total. The van der Waals surface area contributed by atoms with Crippen molar-refractivity contribution in [3.05, 3.63) is 9.66 Å². The predicted molar refractivity (Wildman–Crippen MR) is 94.9 cm³/mol. The Morgan fingerprint density at radius 1 is 1.09 bits per heavy atom. The molecule has 0 spiro atoms. The fourth-order valence-electron chi connectivity index (χ4n) is 3.01. The molecule has 2 aliphatic rings. The zero-order valence-electron chi connectivity index (χ0n) is 12.5. The Balaban J connectivity index is 1.82. The normalized spacial score (nSPS) is 22.7. The van der Waals surface area contributed by atoms with Gasteiger partial charge in [0.2, 0.25) is 0 Å². The summed E-state index contributed by atoms with van der Waals surface area (Å²) in [5.74, 6) is 1.54. The lowest BCUT2D eigenvalue weighted by atomic mass is 10.1. The second kappa shape index (κ2) is 6.66. The van der Waals surface area contributed by atoms with E-state index in [1.807, 2.05) is 0 Å². The molecule has 0 saturated carbocycles. The summed E-state index contributed by atoms with van der Waals surface area (Å²) < 4.78 is 13.5. The summed E-state index contributed by atoms with van der Waals surface area (Å²) in [6, 6.07) is 0. The third-order valence-corrected chi connectivity index (χ3v) is 5.54. The third kappa shape index (κ3) is 3.01. The van der Waals surface area contributed by atoms with Gasteiger partial charge in [0.25, 0.3) is 0 Å². The van der Waals surface area contributed by atoms with Crippen molar-refractivity contribution in [2.45, 2.75) is 25.4 Å². The minimum Gasteiger partial charge on any atom is -0.378 e. The Bertz CT molecular complexity index is 713. The molecule has 2 aliphatic heterocycles. The van der Waals surface area contributed by atoms with Gasteiger partial charge in [-0.25, -0.2) is 19.0 Å². The van der Waals surface area contributed by atoms with E-state index in [9.17, 15) is 0 Å². The number of ether oxygens (including phenoxy) is 2. The molecule has 0 radical (unpaired) electrons. The first-order chi connectivity index (χ1) is 11.2. The SMILES string of the molecule is Cln1c(I)nc2nc(C3CCCCO3)nc(N3CCOCC3)c21. The van der Waals surface area contributed by atoms with Crippen LogP contribution >= 0.6 is 34.4 Å². The maximum absolute atomic E-state index is 6.38. The van der Waals surface area contributed by atoms with Gasteiger partial charge in [-0.2, -0.15) is 0 Å². The van der Waals surface area contributed by atoms with Gasteiger partial charge in [0.05, 0.1) is 13.2 Å². The largest absolute Gasteiger partial charge is 0.378 e. The second-order valence-corrected chi connectivity index (χ2v) is 7.00. The Labute approximate surface area is 152 Å². The molecule has 1 atom stereocenters. The van der Waals surface area contributed by atoms with Crippen LogP contribution in [0, 0.1) is 3.83 Å². The predicted octanol–water partition coefficient (Wildman–Crippen LogP) is 2.51. The van der Waals surface area contributed by atoms with Gasteiger partial charge in [-0.3, -0.25) is 0 Å². The van der Waals surface area contributed by atoms with E-state index in [1.54, 1.807) is 0 Å². The monoisotopic (exact) mass is 449 g/mol. The number of fused-ring (bicyclic) bond motifs is 1. The van der Waals surface area contributed by atoms with Crippen molar-refractivity contribution in [1.82, 2.24) is 19.0 Å². The van der Waals surface area contributed by atoms with E-state index in [0.717, 1.165) is 50.3 Å². The van der Waals surface area contributed by atoms with Gasteiger partial charge in [0.1, 0.15) is 11.6 Å². The maximum atomic E-state index is 6.38. The topological polar surface area (TPSA) is 65.3 Å². The van der Waals surface area contributed by atoms with Gasteiger partial charge in [-0.15, -0.1) is 0 Å². The van der Waals surface area contributed by atoms with Crippen molar-refractivity contribution in [2.75, 3.05) is 37.8 Å². The highest BCUT2D eigenvalue weighted by Crippen LogP contribution is 2.32. The lowest BCUT2D eigenvalue weighted by Gasteiger charge is -2.29. The lowest BCUT2D eigenvalue weighted by Crippen LogP contribution is -2.37. The van der Waals surface area contributed by atoms with E-state index in [0.29, 0.717) is 28.5 Å². The molecular weight excluding hydrogens is 433 g/mol. The maximum Gasteiger partial charge on any atom is 0.188 e. The van der Waals surface area contributed by atoms with E-state index in [4.69, 9.17) is 26.2 Å². The highest BCUT2D eigenvalue weighted by atomic mass is 127. The molecule has 23 heavy (non-hydrogen) atoms. The van der Waals surface area contributed by atoms with Crippen LogP contribution in [0.15, 0.2) is 0 Å². The Morgan fingerprint density at radius 2 is 1.91 bits per heavy atom. The van der Waals surface area contributed by atoms with Crippen LogP contribution in [-0.4, -0.2) is 51.9 Å². The van der Waals surface area contributed by atoms with Crippen molar-refractivity contribution in [2.24, 2.45) is 0 Å². The number of halogens is 2. The number of anilines is 1. The molecule has 4 rings (SSSR count). The molecule has 0 amide bonds. The summed E-state index contributed by atoms with van der Waals surface area (Å²) in [7, 11) is 0. The molecule has 0 bridgehead atoms. The number of imidazole rings is 1. The third-order valence-electron chi connectivity index (χ3n) is 4.20.